The molecular formula is C19H22N4O3. The van der Waals surface area contributed by atoms with E-state index in [1.165, 1.54) is 0 Å². The number of fused-ring (bicyclic) bond motifs is 2. The van der Waals surface area contributed by atoms with Crippen LogP contribution in [0.15, 0.2) is 24.4 Å². The lowest BCUT2D eigenvalue weighted by molar-refractivity contribution is -0.123. The van der Waals surface area contributed by atoms with Gasteiger partial charge in [0, 0.05) is 31.4 Å². The first kappa shape index (κ1) is 15.7. The molecule has 3 aliphatic heterocycles. The van der Waals surface area contributed by atoms with Crippen molar-refractivity contribution in [1.82, 2.24) is 14.9 Å². The van der Waals surface area contributed by atoms with Gasteiger partial charge in [-0.25, -0.2) is 4.98 Å². The maximum absolute atomic E-state index is 13.0. The second kappa shape index (κ2) is 6.32. The molecule has 1 aromatic heterocycles. The molecule has 1 N–H and O–H groups in total. The minimum atomic E-state index is 0.0565. The Bertz CT molecular complexity index is 841. The SMILES string of the molecule is O=C([C@@H]1CCCNC1)N1CCCn2cc(-c3ccc4c(c3)OCO4)nc21. The van der Waals surface area contributed by atoms with Gasteiger partial charge in [-0.1, -0.05) is 0 Å². The Morgan fingerprint density at radius 3 is 3.00 bits per heavy atom. The van der Waals surface area contributed by atoms with E-state index >= 15 is 0 Å². The summed E-state index contributed by atoms with van der Waals surface area (Å²) in [5.74, 6) is 2.52. The number of aromatic nitrogens is 2. The predicted octanol–water partition coefficient (Wildman–Crippen LogP) is 2.02. The average molecular weight is 354 g/mol. The zero-order valence-corrected chi connectivity index (χ0v) is 14.6. The molecular weight excluding hydrogens is 332 g/mol. The van der Waals surface area contributed by atoms with Crippen LogP contribution in [0.3, 0.4) is 0 Å². The second-order valence-electron chi connectivity index (χ2n) is 7.07. The van der Waals surface area contributed by atoms with Crippen LogP contribution in [0.25, 0.3) is 11.3 Å². The van der Waals surface area contributed by atoms with E-state index < -0.39 is 0 Å². The number of rotatable bonds is 2. The molecule has 3 aliphatic rings. The van der Waals surface area contributed by atoms with Gasteiger partial charge < -0.3 is 19.4 Å². The minimum absolute atomic E-state index is 0.0565. The molecule has 1 atom stereocenters. The van der Waals surface area contributed by atoms with Crippen molar-refractivity contribution in [2.24, 2.45) is 5.92 Å². The van der Waals surface area contributed by atoms with Gasteiger partial charge >= 0.3 is 0 Å². The van der Waals surface area contributed by atoms with Gasteiger partial charge in [-0.3, -0.25) is 9.69 Å². The number of hydrogen-bond donors (Lipinski definition) is 1. The van der Waals surface area contributed by atoms with Crippen molar-refractivity contribution >= 4 is 11.9 Å². The summed E-state index contributed by atoms with van der Waals surface area (Å²) in [5.41, 5.74) is 1.84. The van der Waals surface area contributed by atoms with Crippen molar-refractivity contribution < 1.29 is 14.3 Å². The van der Waals surface area contributed by atoms with Crippen LogP contribution in [0.1, 0.15) is 19.3 Å². The summed E-state index contributed by atoms with van der Waals surface area (Å²) in [4.78, 5) is 19.7. The third kappa shape index (κ3) is 2.63. The van der Waals surface area contributed by atoms with Crippen molar-refractivity contribution in [3.8, 4) is 22.8 Å². The lowest BCUT2D eigenvalue weighted by atomic mass is 9.98. The number of amides is 1. The lowest BCUT2D eigenvalue weighted by Gasteiger charge is -2.31. The van der Waals surface area contributed by atoms with Gasteiger partial charge in [0.2, 0.25) is 18.6 Å². The van der Waals surface area contributed by atoms with Crippen LogP contribution in [-0.4, -0.2) is 41.9 Å². The van der Waals surface area contributed by atoms with E-state index in [1.807, 2.05) is 29.3 Å². The van der Waals surface area contributed by atoms with Gasteiger partial charge in [0.1, 0.15) is 0 Å². The fourth-order valence-electron chi connectivity index (χ4n) is 3.97. The molecule has 0 unspecified atom stereocenters. The molecule has 0 radical (unpaired) electrons. The molecule has 0 aliphatic carbocycles. The van der Waals surface area contributed by atoms with Gasteiger partial charge in [0.15, 0.2) is 11.5 Å². The molecule has 1 saturated heterocycles. The van der Waals surface area contributed by atoms with Crippen LogP contribution in [0, 0.1) is 5.92 Å². The van der Waals surface area contributed by atoms with Crippen LogP contribution >= 0.6 is 0 Å². The van der Waals surface area contributed by atoms with Crippen molar-refractivity contribution in [2.45, 2.75) is 25.8 Å². The first-order valence-electron chi connectivity index (χ1n) is 9.29. The first-order chi connectivity index (χ1) is 12.8. The third-order valence-corrected chi connectivity index (χ3v) is 5.36. The van der Waals surface area contributed by atoms with Gasteiger partial charge in [-0.15, -0.1) is 0 Å². The van der Waals surface area contributed by atoms with Crippen LogP contribution < -0.4 is 19.7 Å². The van der Waals surface area contributed by atoms with E-state index in [0.29, 0.717) is 0 Å². The van der Waals surface area contributed by atoms with Crippen molar-refractivity contribution in [3.05, 3.63) is 24.4 Å². The molecule has 1 fully saturated rings. The van der Waals surface area contributed by atoms with Crippen molar-refractivity contribution in [1.29, 1.82) is 0 Å². The van der Waals surface area contributed by atoms with E-state index in [0.717, 1.165) is 74.1 Å². The first-order valence-corrected chi connectivity index (χ1v) is 9.29. The van der Waals surface area contributed by atoms with Crippen LogP contribution in [0.5, 0.6) is 11.5 Å². The summed E-state index contributed by atoms with van der Waals surface area (Å²) < 4.78 is 12.9. The largest absolute Gasteiger partial charge is 0.454 e. The molecule has 7 heteroatoms. The monoisotopic (exact) mass is 354 g/mol. The Kier molecular flexibility index (Phi) is 3.81. The fourth-order valence-corrected chi connectivity index (χ4v) is 3.97. The summed E-state index contributed by atoms with van der Waals surface area (Å²) in [6.07, 6.45) is 5.00. The quantitative estimate of drug-likeness (QED) is 0.894. The summed E-state index contributed by atoms with van der Waals surface area (Å²) in [7, 11) is 0. The van der Waals surface area contributed by atoms with Gasteiger partial charge in [-0.05, 0) is 44.0 Å². The van der Waals surface area contributed by atoms with E-state index in [-0.39, 0.29) is 18.6 Å². The maximum Gasteiger partial charge on any atom is 0.233 e. The van der Waals surface area contributed by atoms with Crippen molar-refractivity contribution in [3.63, 3.8) is 0 Å². The molecule has 7 nitrogen and oxygen atoms in total. The number of piperidine rings is 1. The van der Waals surface area contributed by atoms with E-state index in [2.05, 4.69) is 9.88 Å². The third-order valence-electron chi connectivity index (χ3n) is 5.36. The maximum atomic E-state index is 13.0. The normalized spacial score (nSPS) is 21.5. The molecule has 2 aromatic rings. The number of nitrogens with zero attached hydrogens (tertiary/aromatic N) is 3. The number of imidazole rings is 1. The Hall–Kier alpha value is -2.54. The Labute approximate surface area is 151 Å². The number of benzene rings is 1. The van der Waals surface area contributed by atoms with Crippen LogP contribution in [0.2, 0.25) is 0 Å². The Balaban J connectivity index is 1.45. The van der Waals surface area contributed by atoms with Crippen LogP contribution in [0.4, 0.5) is 5.95 Å². The van der Waals surface area contributed by atoms with Gasteiger partial charge in [0.05, 0.1) is 11.6 Å². The van der Waals surface area contributed by atoms with Crippen LogP contribution in [-0.2, 0) is 11.3 Å². The van der Waals surface area contributed by atoms with E-state index in [9.17, 15) is 4.79 Å². The molecule has 0 spiro atoms. The highest BCUT2D eigenvalue weighted by atomic mass is 16.7. The highest BCUT2D eigenvalue weighted by Gasteiger charge is 2.31. The number of carbonyl (C=O) groups excluding carboxylic acids is 1. The zero-order chi connectivity index (χ0) is 17.5. The predicted molar refractivity (Wildman–Crippen MR) is 96.3 cm³/mol. The molecule has 5 rings (SSSR count). The standard InChI is InChI=1S/C19H22N4O3/c24-18(14-3-1-6-20-10-14)23-8-2-7-22-11-15(21-19(22)23)13-4-5-16-17(9-13)26-12-25-16/h4-5,9,11,14,20H,1-3,6-8,10,12H2/t14-/m1/s1. The molecule has 0 saturated carbocycles. The van der Waals surface area contributed by atoms with Gasteiger partial charge in [0.25, 0.3) is 0 Å². The number of ether oxygens (including phenoxy) is 2. The summed E-state index contributed by atoms with van der Waals surface area (Å²) in [6.45, 7) is 3.67. The molecule has 0 bridgehead atoms. The van der Waals surface area contributed by atoms with E-state index in [4.69, 9.17) is 14.5 Å². The summed E-state index contributed by atoms with van der Waals surface area (Å²) >= 11 is 0. The number of carbonyl (C=O) groups is 1. The second-order valence-corrected chi connectivity index (χ2v) is 7.07. The number of nitrogens with one attached hydrogen (secondary N) is 1. The fraction of sp³-hybridized carbons (Fsp3) is 0.474. The average Bonchev–Trinajstić information content (AvgIpc) is 3.33. The smallest absolute Gasteiger partial charge is 0.233 e. The summed E-state index contributed by atoms with van der Waals surface area (Å²) in [5, 5.41) is 3.33. The number of aryl methyl sites for hydroxylation is 1. The Morgan fingerprint density at radius 1 is 1.19 bits per heavy atom. The van der Waals surface area contributed by atoms with E-state index in [1.54, 1.807) is 0 Å². The lowest BCUT2D eigenvalue weighted by Crippen LogP contribution is -2.46. The zero-order valence-electron chi connectivity index (χ0n) is 14.6. The molecule has 26 heavy (non-hydrogen) atoms. The number of hydrogen-bond acceptors (Lipinski definition) is 5. The number of anilines is 1. The minimum Gasteiger partial charge on any atom is -0.454 e. The summed E-state index contributed by atoms with van der Waals surface area (Å²) in [6, 6.07) is 5.85. The highest BCUT2D eigenvalue weighted by Crippen LogP contribution is 2.36. The molecule has 4 heterocycles. The van der Waals surface area contributed by atoms with Gasteiger partial charge in [-0.2, -0.15) is 0 Å². The Morgan fingerprint density at radius 2 is 2.12 bits per heavy atom. The molecule has 1 aromatic carbocycles. The molecule has 1 amide bonds. The van der Waals surface area contributed by atoms with Crippen molar-refractivity contribution in [2.75, 3.05) is 31.3 Å². The topological polar surface area (TPSA) is 68.6 Å². The molecule has 136 valence electrons. The highest BCUT2D eigenvalue weighted by molar-refractivity contribution is 5.94.